The third-order valence-electron chi connectivity index (χ3n) is 7.94. The Morgan fingerprint density at radius 2 is 1.97 bits per heavy atom. The summed E-state index contributed by atoms with van der Waals surface area (Å²) in [6.45, 7) is 4.67. The number of aromatic nitrogens is 2. The molecule has 0 N–H and O–H groups in total. The van der Waals surface area contributed by atoms with E-state index in [0.717, 1.165) is 34.4 Å². The van der Waals surface area contributed by atoms with Gasteiger partial charge >= 0.3 is 0 Å². The first kappa shape index (κ1) is 23.9. The van der Waals surface area contributed by atoms with Gasteiger partial charge in [0.25, 0.3) is 0 Å². The zero-order chi connectivity index (χ0) is 25.0. The molecule has 2 heterocycles. The van der Waals surface area contributed by atoms with Crippen LogP contribution in [0.5, 0.6) is 0 Å². The highest BCUT2D eigenvalue weighted by atomic mass is 35.5. The van der Waals surface area contributed by atoms with Gasteiger partial charge in [0.1, 0.15) is 11.5 Å². The maximum atomic E-state index is 9.25. The van der Waals surface area contributed by atoms with Gasteiger partial charge in [0, 0.05) is 17.0 Å². The molecule has 6 rings (SSSR count). The van der Waals surface area contributed by atoms with Crippen LogP contribution in [0.1, 0.15) is 54.0 Å². The SMILES string of the molecule is Cc1onc(-c2c(Cl)cccc2Cl)c1COC1CC2CC(C)C(C1)C2c1nc2ccc(C#N)cc2s1. The monoisotopic (exact) mass is 537 g/mol. The first-order valence-corrected chi connectivity index (χ1v) is 13.8. The van der Waals surface area contributed by atoms with E-state index in [-0.39, 0.29) is 6.10 Å². The number of rotatable bonds is 5. The quantitative estimate of drug-likeness (QED) is 0.256. The van der Waals surface area contributed by atoms with Gasteiger partial charge < -0.3 is 9.26 Å². The van der Waals surface area contributed by atoms with E-state index < -0.39 is 0 Å². The first-order valence-electron chi connectivity index (χ1n) is 12.2. The van der Waals surface area contributed by atoms with Crippen molar-refractivity contribution < 1.29 is 9.26 Å². The Morgan fingerprint density at radius 1 is 1.17 bits per heavy atom. The summed E-state index contributed by atoms with van der Waals surface area (Å²) < 4.78 is 13.1. The molecule has 36 heavy (non-hydrogen) atoms. The van der Waals surface area contributed by atoms with Crippen LogP contribution in [-0.2, 0) is 11.3 Å². The Labute approximate surface area is 224 Å². The molecule has 2 aromatic heterocycles. The van der Waals surface area contributed by atoms with Crippen LogP contribution in [0.2, 0.25) is 10.0 Å². The van der Waals surface area contributed by atoms with Crippen LogP contribution in [0.25, 0.3) is 21.5 Å². The molecule has 5 unspecified atom stereocenters. The Kier molecular flexibility index (Phi) is 6.29. The number of halogens is 2. The van der Waals surface area contributed by atoms with Crippen molar-refractivity contribution >= 4 is 44.8 Å². The fourth-order valence-corrected chi connectivity index (χ4v) is 8.07. The van der Waals surface area contributed by atoms with Crippen LogP contribution in [-0.4, -0.2) is 16.2 Å². The molecule has 5 nitrogen and oxygen atoms in total. The Morgan fingerprint density at radius 3 is 2.72 bits per heavy atom. The lowest BCUT2D eigenvalue weighted by Gasteiger charge is -2.35. The van der Waals surface area contributed by atoms with Gasteiger partial charge in [-0.25, -0.2) is 4.98 Å². The van der Waals surface area contributed by atoms with E-state index >= 15 is 0 Å². The molecule has 2 bridgehead atoms. The topological polar surface area (TPSA) is 71.9 Å². The standard InChI is InChI=1S/C28H25Cl2N3O2S/c1-14-8-17-10-18(11-19(14)25(17)28-32-23-7-6-16(12-31)9-24(23)36-28)34-13-20-15(2)35-33-27(20)26-21(29)4-3-5-22(26)30/h3-7,9,14,17-19,25H,8,10-11,13H2,1-2H3. The largest absolute Gasteiger partial charge is 0.373 e. The first-order chi connectivity index (χ1) is 17.4. The summed E-state index contributed by atoms with van der Waals surface area (Å²) in [5.41, 5.74) is 3.91. The van der Waals surface area contributed by atoms with Gasteiger partial charge in [0.05, 0.1) is 49.6 Å². The van der Waals surface area contributed by atoms with Crippen LogP contribution >= 0.6 is 34.5 Å². The number of ether oxygens (including phenoxy) is 1. The summed E-state index contributed by atoms with van der Waals surface area (Å²) in [5.74, 6) is 2.88. The van der Waals surface area contributed by atoms with E-state index in [2.05, 4.69) is 18.1 Å². The average molecular weight is 539 g/mol. The number of thiazole rings is 1. The fraction of sp³-hybridized carbons (Fsp3) is 0.393. The van der Waals surface area contributed by atoms with E-state index in [0.29, 0.717) is 57.1 Å². The molecule has 2 aliphatic carbocycles. The van der Waals surface area contributed by atoms with Gasteiger partial charge in [0.15, 0.2) is 0 Å². The van der Waals surface area contributed by atoms with Crippen molar-refractivity contribution in [3.05, 3.63) is 68.3 Å². The summed E-state index contributed by atoms with van der Waals surface area (Å²) in [7, 11) is 0. The van der Waals surface area contributed by atoms with Crippen LogP contribution in [0.3, 0.4) is 0 Å². The average Bonchev–Trinajstić information content (AvgIpc) is 3.49. The molecule has 0 radical (unpaired) electrons. The lowest BCUT2D eigenvalue weighted by Crippen LogP contribution is -2.30. The van der Waals surface area contributed by atoms with E-state index in [1.165, 1.54) is 11.4 Å². The molecule has 4 aromatic rings. The summed E-state index contributed by atoms with van der Waals surface area (Å²) >= 11 is 14.6. The minimum atomic E-state index is 0.171. The molecular weight excluding hydrogens is 513 g/mol. The van der Waals surface area contributed by atoms with Crippen molar-refractivity contribution in [2.75, 3.05) is 0 Å². The van der Waals surface area contributed by atoms with Gasteiger partial charge in [-0.05, 0) is 74.3 Å². The summed E-state index contributed by atoms with van der Waals surface area (Å²) in [6, 6.07) is 13.5. The molecule has 8 heteroatoms. The van der Waals surface area contributed by atoms with Gasteiger partial charge in [-0.1, -0.05) is 41.3 Å². The predicted molar refractivity (Wildman–Crippen MR) is 142 cm³/mol. The van der Waals surface area contributed by atoms with Crippen molar-refractivity contribution in [3.63, 3.8) is 0 Å². The molecule has 2 saturated carbocycles. The minimum absolute atomic E-state index is 0.171. The molecule has 2 fully saturated rings. The zero-order valence-corrected chi connectivity index (χ0v) is 22.3. The van der Waals surface area contributed by atoms with Crippen LogP contribution in [0, 0.1) is 36.0 Å². The Hall–Kier alpha value is -2.43. The molecule has 0 aliphatic heterocycles. The number of benzene rings is 2. The Balaban J connectivity index is 1.21. The Bertz CT molecular complexity index is 1470. The molecule has 2 aromatic carbocycles. The summed E-state index contributed by atoms with van der Waals surface area (Å²) in [5, 5.41) is 15.8. The van der Waals surface area contributed by atoms with Crippen molar-refractivity contribution in [3.8, 4) is 17.3 Å². The molecular formula is C28H25Cl2N3O2S. The highest BCUT2D eigenvalue weighted by Crippen LogP contribution is 2.56. The van der Waals surface area contributed by atoms with E-state index in [1.807, 2.05) is 31.2 Å². The number of nitrogens with zero attached hydrogens (tertiary/aromatic N) is 3. The highest BCUT2D eigenvalue weighted by Gasteiger charge is 2.48. The van der Waals surface area contributed by atoms with E-state index in [9.17, 15) is 5.26 Å². The van der Waals surface area contributed by atoms with E-state index in [4.69, 9.17) is 37.4 Å². The second kappa shape index (κ2) is 9.46. The van der Waals surface area contributed by atoms with Crippen LogP contribution < -0.4 is 0 Å². The molecule has 0 spiro atoms. The lowest BCUT2D eigenvalue weighted by atomic mass is 9.76. The summed E-state index contributed by atoms with van der Waals surface area (Å²) in [4.78, 5) is 4.99. The molecule has 5 atom stereocenters. The van der Waals surface area contributed by atoms with Gasteiger partial charge in [-0.3, -0.25) is 0 Å². The van der Waals surface area contributed by atoms with Crippen LogP contribution in [0.15, 0.2) is 40.9 Å². The number of hydrogen-bond donors (Lipinski definition) is 0. The smallest absolute Gasteiger partial charge is 0.139 e. The normalized spacial score (nSPS) is 25.4. The fourth-order valence-electron chi connectivity index (χ4n) is 6.22. The lowest BCUT2D eigenvalue weighted by molar-refractivity contribution is -0.00938. The molecule has 2 aliphatic rings. The summed E-state index contributed by atoms with van der Waals surface area (Å²) in [6.07, 6.45) is 3.39. The number of hydrogen-bond acceptors (Lipinski definition) is 6. The minimum Gasteiger partial charge on any atom is -0.373 e. The number of aryl methyl sites for hydroxylation is 1. The predicted octanol–water partition coefficient (Wildman–Crippen LogP) is 8.17. The van der Waals surface area contributed by atoms with E-state index in [1.54, 1.807) is 23.5 Å². The van der Waals surface area contributed by atoms with Gasteiger partial charge in [-0.2, -0.15) is 5.26 Å². The van der Waals surface area contributed by atoms with Crippen molar-refractivity contribution in [2.45, 2.75) is 51.7 Å². The number of fused-ring (bicyclic) bond motifs is 3. The molecule has 0 saturated heterocycles. The second-order valence-corrected chi connectivity index (χ2v) is 12.0. The van der Waals surface area contributed by atoms with Crippen molar-refractivity contribution in [1.82, 2.24) is 10.1 Å². The van der Waals surface area contributed by atoms with Gasteiger partial charge in [0.2, 0.25) is 0 Å². The van der Waals surface area contributed by atoms with Crippen LogP contribution in [0.4, 0.5) is 0 Å². The molecule has 184 valence electrons. The third kappa shape index (κ3) is 4.13. The van der Waals surface area contributed by atoms with Crippen molar-refractivity contribution in [1.29, 1.82) is 5.26 Å². The van der Waals surface area contributed by atoms with Gasteiger partial charge in [-0.15, -0.1) is 11.3 Å². The highest BCUT2D eigenvalue weighted by molar-refractivity contribution is 7.18. The maximum absolute atomic E-state index is 9.25. The molecule has 0 amide bonds. The third-order valence-corrected chi connectivity index (χ3v) is 9.69. The second-order valence-electron chi connectivity index (χ2n) is 10.1. The number of nitriles is 1. The zero-order valence-electron chi connectivity index (χ0n) is 20.0. The maximum Gasteiger partial charge on any atom is 0.139 e. The van der Waals surface area contributed by atoms with Crippen molar-refractivity contribution in [2.24, 2.45) is 17.8 Å².